The number of carboxylic acids is 2. The van der Waals surface area contributed by atoms with Gasteiger partial charge in [-0.15, -0.1) is 0 Å². The fourth-order valence-corrected chi connectivity index (χ4v) is 3.97. The van der Waals surface area contributed by atoms with E-state index in [9.17, 15) is 19.8 Å². The average Bonchev–Trinajstić information content (AvgIpc) is 2.38. The van der Waals surface area contributed by atoms with Crippen molar-refractivity contribution in [3.63, 3.8) is 0 Å². The minimum Gasteiger partial charge on any atom is -0.478 e. The van der Waals surface area contributed by atoms with Gasteiger partial charge in [0.05, 0.1) is 11.1 Å². The predicted molar refractivity (Wildman–Crippen MR) is 66.2 cm³/mol. The number of carbonyl (C=O) groups is 2. The molecule has 0 heterocycles. The first kappa shape index (κ1) is 13.1. The van der Waals surface area contributed by atoms with Crippen LogP contribution in [0.1, 0.15) is 52.4 Å². The summed E-state index contributed by atoms with van der Waals surface area (Å²) in [6, 6.07) is 0. The maximum atomic E-state index is 11.6. The van der Waals surface area contributed by atoms with E-state index in [2.05, 4.69) is 0 Å². The fraction of sp³-hybridized carbons (Fsp3) is 0.714. The van der Waals surface area contributed by atoms with E-state index in [0.717, 1.165) is 25.7 Å². The molecule has 1 saturated carbocycles. The Morgan fingerprint density at radius 2 is 1.17 bits per heavy atom. The number of fused-ring (bicyclic) bond motifs is 2. The number of aliphatic carboxylic acids is 2. The molecule has 100 valence electrons. The van der Waals surface area contributed by atoms with E-state index < -0.39 is 22.8 Å². The SMILES string of the molecule is CCC12CCC(CC)(CC1)C(C(=O)O)=C2C(=O)O. The van der Waals surface area contributed by atoms with Gasteiger partial charge in [0.25, 0.3) is 0 Å². The Kier molecular flexibility index (Phi) is 2.99. The molecule has 4 heteroatoms. The maximum absolute atomic E-state index is 11.6. The molecule has 0 aromatic heterocycles. The zero-order valence-corrected chi connectivity index (χ0v) is 11.0. The van der Waals surface area contributed by atoms with Crippen molar-refractivity contribution in [1.82, 2.24) is 0 Å². The van der Waals surface area contributed by atoms with Gasteiger partial charge in [-0.05, 0) is 38.5 Å². The van der Waals surface area contributed by atoms with Gasteiger partial charge in [-0.2, -0.15) is 0 Å². The molecule has 0 spiro atoms. The van der Waals surface area contributed by atoms with Crippen molar-refractivity contribution < 1.29 is 19.8 Å². The first-order chi connectivity index (χ1) is 8.42. The molecular formula is C14H20O4. The molecule has 18 heavy (non-hydrogen) atoms. The summed E-state index contributed by atoms with van der Waals surface area (Å²) < 4.78 is 0. The second-order valence-electron chi connectivity index (χ2n) is 5.63. The Morgan fingerprint density at radius 1 is 0.889 bits per heavy atom. The van der Waals surface area contributed by atoms with Crippen LogP contribution in [0.5, 0.6) is 0 Å². The molecule has 1 fully saturated rings. The first-order valence-corrected chi connectivity index (χ1v) is 6.64. The quantitative estimate of drug-likeness (QED) is 0.806. The van der Waals surface area contributed by atoms with Crippen molar-refractivity contribution in [1.29, 1.82) is 0 Å². The summed E-state index contributed by atoms with van der Waals surface area (Å²) >= 11 is 0. The van der Waals surface area contributed by atoms with E-state index in [0.29, 0.717) is 12.8 Å². The van der Waals surface area contributed by atoms with Crippen LogP contribution in [0.3, 0.4) is 0 Å². The Hall–Kier alpha value is -1.32. The third-order valence-electron chi connectivity index (χ3n) is 5.26. The molecule has 0 atom stereocenters. The maximum Gasteiger partial charge on any atom is 0.332 e. The molecule has 2 bridgehead atoms. The number of rotatable bonds is 4. The molecule has 3 rings (SSSR count). The number of hydrogen-bond acceptors (Lipinski definition) is 2. The topological polar surface area (TPSA) is 74.6 Å². The van der Waals surface area contributed by atoms with E-state index >= 15 is 0 Å². The van der Waals surface area contributed by atoms with Crippen LogP contribution < -0.4 is 0 Å². The highest BCUT2D eigenvalue weighted by molar-refractivity contribution is 6.01. The lowest BCUT2D eigenvalue weighted by Gasteiger charge is -2.53. The van der Waals surface area contributed by atoms with Gasteiger partial charge >= 0.3 is 11.9 Å². The van der Waals surface area contributed by atoms with Crippen LogP contribution in [0, 0.1) is 10.8 Å². The summed E-state index contributed by atoms with van der Waals surface area (Å²) in [4.78, 5) is 23.1. The third kappa shape index (κ3) is 1.51. The van der Waals surface area contributed by atoms with Gasteiger partial charge in [0.1, 0.15) is 0 Å². The standard InChI is InChI=1S/C14H20O4/c1-3-13-5-7-14(4-2,8-6-13)10(12(17)18)9(13)11(15)16/h3-8H2,1-2H3,(H,15,16)(H,17,18). The normalized spacial score (nSPS) is 34.8. The van der Waals surface area contributed by atoms with Crippen molar-refractivity contribution in [2.24, 2.45) is 10.8 Å². The molecule has 0 amide bonds. The molecule has 4 nitrogen and oxygen atoms in total. The Balaban J connectivity index is 2.71. The van der Waals surface area contributed by atoms with E-state index in [1.54, 1.807) is 0 Å². The summed E-state index contributed by atoms with van der Waals surface area (Å²) in [7, 11) is 0. The summed E-state index contributed by atoms with van der Waals surface area (Å²) in [6.07, 6.45) is 4.69. The van der Waals surface area contributed by atoms with Crippen LogP contribution in [0.2, 0.25) is 0 Å². The zero-order valence-electron chi connectivity index (χ0n) is 11.0. The van der Waals surface area contributed by atoms with Gasteiger partial charge in [0.2, 0.25) is 0 Å². The van der Waals surface area contributed by atoms with Gasteiger partial charge in [-0.25, -0.2) is 9.59 Å². The van der Waals surface area contributed by atoms with Crippen molar-refractivity contribution in [2.75, 3.05) is 0 Å². The van der Waals surface area contributed by atoms with Crippen molar-refractivity contribution in [2.45, 2.75) is 52.4 Å². The van der Waals surface area contributed by atoms with E-state index in [1.165, 1.54) is 0 Å². The predicted octanol–water partition coefficient (Wildman–Crippen LogP) is 2.83. The van der Waals surface area contributed by atoms with Gasteiger partial charge < -0.3 is 10.2 Å². The summed E-state index contributed by atoms with van der Waals surface area (Å²) in [5, 5.41) is 18.9. The van der Waals surface area contributed by atoms with Gasteiger partial charge in [0, 0.05) is 10.8 Å². The lowest BCUT2D eigenvalue weighted by molar-refractivity contribution is -0.141. The van der Waals surface area contributed by atoms with Crippen LogP contribution in [-0.2, 0) is 9.59 Å². The molecule has 3 aliphatic rings. The summed E-state index contributed by atoms with van der Waals surface area (Å²) in [6.45, 7) is 3.93. The minimum atomic E-state index is -1.04. The van der Waals surface area contributed by atoms with Gasteiger partial charge in [-0.1, -0.05) is 13.8 Å². The number of carboxylic acid groups (broad SMARTS) is 2. The fourth-order valence-electron chi connectivity index (χ4n) is 3.97. The smallest absolute Gasteiger partial charge is 0.332 e. The zero-order chi connectivity index (χ0) is 13.6. The van der Waals surface area contributed by atoms with Gasteiger partial charge in [-0.3, -0.25) is 0 Å². The molecule has 0 aromatic carbocycles. The van der Waals surface area contributed by atoms with E-state index in [4.69, 9.17) is 0 Å². The van der Waals surface area contributed by atoms with Crippen LogP contribution in [-0.4, -0.2) is 22.2 Å². The number of hydrogen-bond donors (Lipinski definition) is 2. The van der Waals surface area contributed by atoms with Crippen LogP contribution in [0.15, 0.2) is 11.1 Å². The Bertz CT molecular complexity index is 385. The highest BCUT2D eigenvalue weighted by atomic mass is 16.4. The molecule has 0 saturated heterocycles. The van der Waals surface area contributed by atoms with Gasteiger partial charge in [0.15, 0.2) is 0 Å². The highest BCUT2D eigenvalue weighted by Gasteiger charge is 2.56. The highest BCUT2D eigenvalue weighted by Crippen LogP contribution is 2.62. The Labute approximate surface area is 107 Å². The molecule has 0 radical (unpaired) electrons. The van der Waals surface area contributed by atoms with Crippen LogP contribution in [0.25, 0.3) is 0 Å². The average molecular weight is 252 g/mol. The van der Waals surface area contributed by atoms with Crippen molar-refractivity contribution >= 4 is 11.9 Å². The molecular weight excluding hydrogens is 232 g/mol. The summed E-state index contributed by atoms with van der Waals surface area (Å²) in [5.41, 5.74) is -0.429. The largest absolute Gasteiger partial charge is 0.478 e. The van der Waals surface area contributed by atoms with E-state index in [-0.39, 0.29) is 11.1 Å². The Morgan fingerprint density at radius 3 is 1.33 bits per heavy atom. The van der Waals surface area contributed by atoms with E-state index in [1.807, 2.05) is 13.8 Å². The summed E-state index contributed by atoms with van der Waals surface area (Å²) in [5.74, 6) is -2.07. The first-order valence-electron chi connectivity index (χ1n) is 6.64. The molecule has 3 aliphatic carbocycles. The molecule has 0 unspecified atom stereocenters. The van der Waals surface area contributed by atoms with Crippen molar-refractivity contribution in [3.05, 3.63) is 11.1 Å². The molecule has 2 N–H and O–H groups in total. The second-order valence-corrected chi connectivity index (χ2v) is 5.63. The lowest BCUT2D eigenvalue weighted by Crippen LogP contribution is -2.47. The van der Waals surface area contributed by atoms with Crippen LogP contribution >= 0.6 is 0 Å². The second kappa shape index (κ2) is 4.11. The molecule has 0 aromatic rings. The molecule has 0 aliphatic heterocycles. The third-order valence-corrected chi connectivity index (χ3v) is 5.26. The van der Waals surface area contributed by atoms with Crippen LogP contribution in [0.4, 0.5) is 0 Å². The minimum absolute atomic E-state index is 0.192. The lowest BCUT2D eigenvalue weighted by atomic mass is 9.49. The van der Waals surface area contributed by atoms with Crippen molar-refractivity contribution in [3.8, 4) is 0 Å². The monoisotopic (exact) mass is 252 g/mol.